The molecule has 118 valence electrons. The third kappa shape index (κ3) is 3.49. The number of hydrogen-bond donors (Lipinski definition) is 0. The summed E-state index contributed by atoms with van der Waals surface area (Å²) in [6.45, 7) is 11.2. The Labute approximate surface area is 130 Å². The fourth-order valence-corrected chi connectivity index (χ4v) is 4.29. The molecule has 0 heterocycles. The van der Waals surface area contributed by atoms with E-state index in [1.165, 1.54) is 11.1 Å². The van der Waals surface area contributed by atoms with Crippen molar-refractivity contribution in [2.24, 2.45) is 17.3 Å². The highest BCUT2D eigenvalue weighted by Crippen LogP contribution is 2.51. The monoisotopic (exact) mass is 288 g/mol. The molecule has 2 rings (SSSR count). The predicted octanol–water partition coefficient (Wildman–Crippen LogP) is 5.85. The molecular formula is C20H32O. The fourth-order valence-electron chi connectivity index (χ4n) is 4.29. The molecule has 0 radical (unpaired) electrons. The zero-order chi connectivity index (χ0) is 15.6. The Bertz CT molecular complexity index is 464. The van der Waals surface area contributed by atoms with Crippen LogP contribution in [0.3, 0.4) is 0 Å². The lowest BCUT2D eigenvalue weighted by Gasteiger charge is -2.32. The van der Waals surface area contributed by atoms with E-state index in [0.717, 1.165) is 44.9 Å². The summed E-state index contributed by atoms with van der Waals surface area (Å²) < 4.78 is 0. The van der Waals surface area contributed by atoms with Crippen molar-refractivity contribution in [3.05, 3.63) is 22.8 Å². The van der Waals surface area contributed by atoms with Crippen molar-refractivity contribution in [2.45, 2.75) is 79.6 Å². The number of hydrogen-bond acceptors (Lipinski definition) is 1. The molecule has 1 fully saturated rings. The van der Waals surface area contributed by atoms with Crippen LogP contribution < -0.4 is 0 Å². The molecule has 0 N–H and O–H groups in total. The van der Waals surface area contributed by atoms with Crippen molar-refractivity contribution in [1.82, 2.24) is 0 Å². The number of carbonyl (C=O) groups is 1. The molecule has 0 aliphatic heterocycles. The molecule has 1 saturated carbocycles. The topological polar surface area (TPSA) is 17.1 Å². The van der Waals surface area contributed by atoms with Gasteiger partial charge in [0.05, 0.1) is 0 Å². The second-order valence-electron chi connectivity index (χ2n) is 7.89. The number of fused-ring (bicyclic) bond motifs is 1. The van der Waals surface area contributed by atoms with Crippen LogP contribution in [0, 0.1) is 17.3 Å². The normalized spacial score (nSPS) is 37.5. The van der Waals surface area contributed by atoms with Gasteiger partial charge in [-0.3, -0.25) is 4.79 Å². The summed E-state index contributed by atoms with van der Waals surface area (Å²) in [5.74, 6) is 1.52. The first-order valence-corrected chi connectivity index (χ1v) is 8.69. The Morgan fingerprint density at radius 3 is 2.62 bits per heavy atom. The van der Waals surface area contributed by atoms with Crippen molar-refractivity contribution in [2.75, 3.05) is 0 Å². The molecular weight excluding hydrogens is 256 g/mol. The molecule has 0 aromatic heterocycles. The van der Waals surface area contributed by atoms with Crippen molar-refractivity contribution >= 4 is 5.78 Å². The van der Waals surface area contributed by atoms with Crippen LogP contribution in [0.1, 0.15) is 79.6 Å². The maximum Gasteiger partial charge on any atom is 0.139 e. The molecule has 2 aliphatic rings. The Kier molecular flexibility index (Phi) is 5.11. The molecule has 21 heavy (non-hydrogen) atoms. The number of carbonyl (C=O) groups excluding carboxylic acids is 1. The maximum absolute atomic E-state index is 13.0. The van der Waals surface area contributed by atoms with Gasteiger partial charge in [0, 0.05) is 11.8 Å². The van der Waals surface area contributed by atoms with E-state index in [0.29, 0.717) is 17.6 Å². The minimum absolute atomic E-state index is 0.106. The summed E-state index contributed by atoms with van der Waals surface area (Å²) in [6, 6.07) is 0. The molecule has 0 aromatic carbocycles. The lowest BCUT2D eigenvalue weighted by Crippen LogP contribution is -2.33. The van der Waals surface area contributed by atoms with E-state index in [4.69, 9.17) is 0 Å². The molecule has 0 saturated heterocycles. The molecule has 2 aliphatic carbocycles. The predicted molar refractivity (Wildman–Crippen MR) is 90.2 cm³/mol. The first-order chi connectivity index (χ1) is 9.84. The van der Waals surface area contributed by atoms with Crippen LogP contribution in [0.5, 0.6) is 0 Å². The van der Waals surface area contributed by atoms with Gasteiger partial charge in [-0.2, -0.15) is 0 Å². The van der Waals surface area contributed by atoms with E-state index in [-0.39, 0.29) is 5.41 Å². The average molecular weight is 288 g/mol. The lowest BCUT2D eigenvalue weighted by molar-refractivity contribution is -0.130. The van der Waals surface area contributed by atoms with Gasteiger partial charge in [-0.1, -0.05) is 36.6 Å². The summed E-state index contributed by atoms with van der Waals surface area (Å²) in [4.78, 5) is 13.0. The number of ketones is 1. The standard InChI is InChI=1S/C20H32O/c1-14(2)17-11-12-20(5)18(17)10-9-15(3)7-6-8-16(4)13-19(20)21/h7,16,18H,6,8-13H2,1-5H3/b15-7+/t16-,18-,20-/m1/s1. The summed E-state index contributed by atoms with van der Waals surface area (Å²) in [7, 11) is 0. The third-order valence-corrected chi connectivity index (χ3v) is 5.90. The highest BCUT2D eigenvalue weighted by atomic mass is 16.1. The van der Waals surface area contributed by atoms with E-state index < -0.39 is 0 Å². The Balaban J connectivity index is 2.34. The lowest BCUT2D eigenvalue weighted by atomic mass is 9.70. The minimum atomic E-state index is -0.106. The summed E-state index contributed by atoms with van der Waals surface area (Å²) in [6.07, 6.45) is 9.96. The Morgan fingerprint density at radius 1 is 1.24 bits per heavy atom. The smallest absolute Gasteiger partial charge is 0.139 e. The highest BCUT2D eigenvalue weighted by Gasteiger charge is 2.46. The van der Waals surface area contributed by atoms with Gasteiger partial charge in [-0.05, 0) is 71.1 Å². The molecule has 0 unspecified atom stereocenters. The average Bonchev–Trinajstić information content (AvgIpc) is 2.73. The minimum Gasteiger partial charge on any atom is -0.299 e. The van der Waals surface area contributed by atoms with Gasteiger partial charge in [0.25, 0.3) is 0 Å². The van der Waals surface area contributed by atoms with Gasteiger partial charge in [-0.25, -0.2) is 0 Å². The van der Waals surface area contributed by atoms with E-state index in [1.54, 1.807) is 5.57 Å². The first-order valence-electron chi connectivity index (χ1n) is 8.69. The fraction of sp³-hybridized carbons (Fsp3) is 0.750. The first kappa shape index (κ1) is 16.5. The van der Waals surface area contributed by atoms with Crippen LogP contribution in [0.15, 0.2) is 22.8 Å². The summed E-state index contributed by atoms with van der Waals surface area (Å²) >= 11 is 0. The SMILES string of the molecule is CC(C)=C1CC[C@@]2(C)C(=O)C[C@H](C)CC/C=C(\C)CC[C@H]12. The van der Waals surface area contributed by atoms with Crippen LogP contribution in [-0.2, 0) is 4.79 Å². The van der Waals surface area contributed by atoms with Crippen molar-refractivity contribution in [3.8, 4) is 0 Å². The summed E-state index contributed by atoms with van der Waals surface area (Å²) in [5, 5.41) is 0. The van der Waals surface area contributed by atoms with E-state index in [2.05, 4.69) is 40.7 Å². The highest BCUT2D eigenvalue weighted by molar-refractivity contribution is 5.86. The largest absolute Gasteiger partial charge is 0.299 e. The van der Waals surface area contributed by atoms with Gasteiger partial charge < -0.3 is 0 Å². The van der Waals surface area contributed by atoms with E-state index >= 15 is 0 Å². The van der Waals surface area contributed by atoms with Crippen molar-refractivity contribution in [1.29, 1.82) is 0 Å². The molecule has 0 bridgehead atoms. The molecule has 1 nitrogen and oxygen atoms in total. The number of Topliss-reactive ketones (excluding diaryl/α,β-unsaturated/α-hetero) is 1. The van der Waals surface area contributed by atoms with Gasteiger partial charge in [-0.15, -0.1) is 0 Å². The van der Waals surface area contributed by atoms with Crippen LogP contribution in [0.4, 0.5) is 0 Å². The quantitative estimate of drug-likeness (QED) is 0.511. The summed E-state index contributed by atoms with van der Waals surface area (Å²) in [5.41, 5.74) is 4.43. The number of allylic oxidation sites excluding steroid dienone is 4. The van der Waals surface area contributed by atoms with Crippen LogP contribution in [-0.4, -0.2) is 5.78 Å². The van der Waals surface area contributed by atoms with E-state index in [9.17, 15) is 4.79 Å². The zero-order valence-corrected chi connectivity index (χ0v) is 14.6. The zero-order valence-electron chi connectivity index (χ0n) is 14.6. The second kappa shape index (κ2) is 6.50. The number of rotatable bonds is 0. The van der Waals surface area contributed by atoms with Crippen LogP contribution in [0.2, 0.25) is 0 Å². The molecule has 3 atom stereocenters. The second-order valence-corrected chi connectivity index (χ2v) is 7.89. The van der Waals surface area contributed by atoms with Gasteiger partial charge >= 0.3 is 0 Å². The van der Waals surface area contributed by atoms with E-state index in [1.807, 2.05) is 0 Å². The molecule has 0 amide bonds. The van der Waals surface area contributed by atoms with Crippen molar-refractivity contribution < 1.29 is 4.79 Å². The Morgan fingerprint density at radius 2 is 1.95 bits per heavy atom. The van der Waals surface area contributed by atoms with Crippen LogP contribution >= 0.6 is 0 Å². The van der Waals surface area contributed by atoms with Gasteiger partial charge in [0.1, 0.15) is 5.78 Å². The third-order valence-electron chi connectivity index (χ3n) is 5.90. The van der Waals surface area contributed by atoms with Gasteiger partial charge in [0.15, 0.2) is 0 Å². The molecule has 0 aromatic rings. The van der Waals surface area contributed by atoms with Crippen molar-refractivity contribution in [3.63, 3.8) is 0 Å². The molecule has 0 spiro atoms. The van der Waals surface area contributed by atoms with Gasteiger partial charge in [0.2, 0.25) is 0 Å². The maximum atomic E-state index is 13.0. The molecule has 1 heteroatoms. The Hall–Kier alpha value is -0.850. The van der Waals surface area contributed by atoms with Crippen LogP contribution in [0.25, 0.3) is 0 Å².